The van der Waals surface area contributed by atoms with Gasteiger partial charge in [0.1, 0.15) is 0 Å². The number of hydrogen-bond acceptors (Lipinski definition) is 4. The number of benzene rings is 1. The topological polar surface area (TPSA) is 78.4 Å². The van der Waals surface area contributed by atoms with Gasteiger partial charge in [-0.25, -0.2) is 0 Å². The molecule has 0 radical (unpaired) electrons. The van der Waals surface area contributed by atoms with E-state index < -0.39 is 17.9 Å². The highest BCUT2D eigenvalue weighted by molar-refractivity contribution is 7.12. The third-order valence-electron chi connectivity index (χ3n) is 3.72. The third kappa shape index (κ3) is 4.91. The summed E-state index contributed by atoms with van der Waals surface area (Å²) in [6.45, 7) is 6.03. The Morgan fingerprint density at radius 2 is 1.88 bits per heavy atom. The molecule has 0 saturated heterocycles. The van der Waals surface area contributed by atoms with E-state index in [1.54, 1.807) is 13.0 Å². The average molecular weight is 346 g/mol. The number of anilines is 1. The fraction of sp³-hybridized carbons (Fsp3) is 0.333. The van der Waals surface area contributed by atoms with Gasteiger partial charge in [-0.3, -0.25) is 9.59 Å². The summed E-state index contributed by atoms with van der Waals surface area (Å²) < 4.78 is 0. The number of carbonyl (C=O) groups excluding carboxylic acids is 2. The molecule has 1 heterocycles. The quantitative estimate of drug-likeness (QED) is 0.729. The molecule has 2 rings (SSSR count). The van der Waals surface area contributed by atoms with Crippen LogP contribution in [0.3, 0.4) is 0 Å². The molecule has 2 amide bonds. The van der Waals surface area contributed by atoms with E-state index in [2.05, 4.69) is 10.6 Å². The van der Waals surface area contributed by atoms with Gasteiger partial charge in [-0.05, 0) is 62.6 Å². The van der Waals surface area contributed by atoms with Crippen LogP contribution in [0.2, 0.25) is 0 Å². The van der Waals surface area contributed by atoms with E-state index >= 15 is 0 Å². The second-order valence-corrected chi connectivity index (χ2v) is 6.94. The number of aryl methyl sites for hydroxylation is 2. The number of nitrogens with one attached hydrogen (secondary N) is 2. The molecule has 1 aromatic carbocycles. The zero-order valence-corrected chi connectivity index (χ0v) is 14.9. The van der Waals surface area contributed by atoms with Crippen LogP contribution in [-0.4, -0.2) is 23.5 Å². The zero-order valence-electron chi connectivity index (χ0n) is 14.1. The molecule has 2 aromatic rings. The number of amides is 2. The van der Waals surface area contributed by atoms with Crippen molar-refractivity contribution in [2.75, 3.05) is 11.9 Å². The summed E-state index contributed by atoms with van der Waals surface area (Å²) >= 11 is 1.50. The van der Waals surface area contributed by atoms with Gasteiger partial charge in [0.25, 0.3) is 0 Å². The van der Waals surface area contributed by atoms with E-state index in [0.29, 0.717) is 18.7 Å². The van der Waals surface area contributed by atoms with E-state index in [-0.39, 0.29) is 0 Å². The van der Waals surface area contributed by atoms with E-state index in [1.807, 2.05) is 38.1 Å². The first-order valence-corrected chi connectivity index (χ1v) is 8.61. The maximum absolute atomic E-state index is 11.9. The van der Waals surface area contributed by atoms with Crippen LogP contribution in [-0.2, 0) is 16.0 Å². The minimum absolute atomic E-state index is 0.374. The summed E-state index contributed by atoms with van der Waals surface area (Å²) in [5, 5.41) is 14.7. The molecule has 0 spiro atoms. The highest BCUT2D eigenvalue weighted by Crippen LogP contribution is 2.22. The SMILES string of the molecule is Cc1ccc(NC(=O)C(=O)NCCc2ccc([C@@H](C)O)s2)cc1C. The number of aliphatic hydroxyl groups is 1. The second kappa shape index (κ2) is 8.08. The van der Waals surface area contributed by atoms with E-state index in [4.69, 9.17) is 0 Å². The van der Waals surface area contributed by atoms with Gasteiger partial charge in [-0.2, -0.15) is 0 Å². The molecule has 3 N–H and O–H groups in total. The Morgan fingerprint density at radius 1 is 1.12 bits per heavy atom. The first-order chi connectivity index (χ1) is 11.4. The average Bonchev–Trinajstić information content (AvgIpc) is 3.00. The fourth-order valence-electron chi connectivity index (χ4n) is 2.14. The lowest BCUT2D eigenvalue weighted by atomic mass is 10.1. The molecular formula is C18H22N2O3S. The summed E-state index contributed by atoms with van der Waals surface area (Å²) in [6.07, 6.45) is 0.141. The summed E-state index contributed by atoms with van der Waals surface area (Å²) in [7, 11) is 0. The van der Waals surface area contributed by atoms with Gasteiger partial charge in [0.2, 0.25) is 0 Å². The molecule has 24 heavy (non-hydrogen) atoms. The minimum atomic E-state index is -0.672. The second-order valence-electron chi connectivity index (χ2n) is 5.74. The number of carbonyl (C=O) groups is 2. The normalized spacial score (nSPS) is 11.8. The number of thiophene rings is 1. The van der Waals surface area contributed by atoms with Crippen molar-refractivity contribution in [3.05, 3.63) is 51.2 Å². The Balaban J connectivity index is 1.80. The minimum Gasteiger partial charge on any atom is -0.388 e. The van der Waals surface area contributed by atoms with Gasteiger partial charge in [-0.15, -0.1) is 11.3 Å². The van der Waals surface area contributed by atoms with Crippen molar-refractivity contribution in [1.82, 2.24) is 5.32 Å². The lowest BCUT2D eigenvalue weighted by molar-refractivity contribution is -0.136. The zero-order chi connectivity index (χ0) is 17.7. The molecule has 0 aliphatic heterocycles. The number of rotatable bonds is 5. The Labute approximate surface area is 145 Å². The molecule has 0 fully saturated rings. The van der Waals surface area contributed by atoms with Crippen LogP contribution in [0, 0.1) is 13.8 Å². The van der Waals surface area contributed by atoms with Crippen molar-refractivity contribution >= 4 is 28.8 Å². The Kier molecular flexibility index (Phi) is 6.11. The third-order valence-corrected chi connectivity index (χ3v) is 5.04. The van der Waals surface area contributed by atoms with Crippen LogP contribution in [0.15, 0.2) is 30.3 Å². The van der Waals surface area contributed by atoms with E-state index in [1.165, 1.54) is 11.3 Å². The van der Waals surface area contributed by atoms with Gasteiger partial charge >= 0.3 is 11.8 Å². The predicted molar refractivity (Wildman–Crippen MR) is 96.2 cm³/mol. The van der Waals surface area contributed by atoms with Gasteiger partial charge in [0, 0.05) is 22.0 Å². The molecule has 6 heteroatoms. The van der Waals surface area contributed by atoms with Crippen molar-refractivity contribution in [3.8, 4) is 0 Å². The Hall–Kier alpha value is -2.18. The lowest BCUT2D eigenvalue weighted by Gasteiger charge is -2.08. The molecule has 1 atom stereocenters. The van der Waals surface area contributed by atoms with E-state index in [0.717, 1.165) is 20.9 Å². The van der Waals surface area contributed by atoms with Crippen molar-refractivity contribution in [2.24, 2.45) is 0 Å². The number of aliphatic hydroxyl groups excluding tert-OH is 1. The lowest BCUT2D eigenvalue weighted by Crippen LogP contribution is -2.36. The molecule has 0 aliphatic carbocycles. The highest BCUT2D eigenvalue weighted by atomic mass is 32.1. The Bertz CT molecular complexity index is 738. The Morgan fingerprint density at radius 3 is 2.50 bits per heavy atom. The van der Waals surface area contributed by atoms with Gasteiger partial charge in [0.15, 0.2) is 0 Å². The molecule has 0 saturated carbocycles. The maximum atomic E-state index is 11.9. The van der Waals surface area contributed by atoms with Crippen LogP contribution in [0.25, 0.3) is 0 Å². The smallest absolute Gasteiger partial charge is 0.313 e. The summed E-state index contributed by atoms with van der Waals surface area (Å²) in [6, 6.07) is 9.31. The summed E-state index contributed by atoms with van der Waals surface area (Å²) in [4.78, 5) is 25.7. The molecular weight excluding hydrogens is 324 g/mol. The van der Waals surface area contributed by atoms with Crippen LogP contribution in [0.1, 0.15) is 33.9 Å². The maximum Gasteiger partial charge on any atom is 0.313 e. The van der Waals surface area contributed by atoms with Crippen molar-refractivity contribution in [3.63, 3.8) is 0 Å². The summed E-state index contributed by atoms with van der Waals surface area (Å²) in [5.74, 6) is -1.32. The van der Waals surface area contributed by atoms with Gasteiger partial charge < -0.3 is 15.7 Å². The molecule has 128 valence electrons. The monoisotopic (exact) mass is 346 g/mol. The van der Waals surface area contributed by atoms with Crippen molar-refractivity contribution < 1.29 is 14.7 Å². The van der Waals surface area contributed by atoms with Crippen LogP contribution < -0.4 is 10.6 Å². The largest absolute Gasteiger partial charge is 0.388 e. The van der Waals surface area contributed by atoms with Crippen LogP contribution in [0.4, 0.5) is 5.69 Å². The molecule has 0 unspecified atom stereocenters. The van der Waals surface area contributed by atoms with Gasteiger partial charge in [-0.1, -0.05) is 6.07 Å². The van der Waals surface area contributed by atoms with Crippen LogP contribution >= 0.6 is 11.3 Å². The molecule has 5 nitrogen and oxygen atoms in total. The van der Waals surface area contributed by atoms with Gasteiger partial charge in [0.05, 0.1) is 6.10 Å². The summed E-state index contributed by atoms with van der Waals surface area (Å²) in [5.41, 5.74) is 2.79. The van der Waals surface area contributed by atoms with Crippen molar-refractivity contribution in [1.29, 1.82) is 0 Å². The molecule has 1 aromatic heterocycles. The standard InChI is InChI=1S/C18H22N2O3S/c1-11-4-5-14(10-12(11)2)20-18(23)17(22)19-9-8-15-6-7-16(24-15)13(3)21/h4-7,10,13,21H,8-9H2,1-3H3,(H,19,22)(H,20,23)/t13-/m1/s1. The molecule has 0 aliphatic rings. The van der Waals surface area contributed by atoms with Crippen LogP contribution in [0.5, 0.6) is 0 Å². The molecule has 0 bridgehead atoms. The predicted octanol–water partition coefficient (Wildman–Crippen LogP) is 2.72. The fourth-order valence-corrected chi connectivity index (χ4v) is 3.09. The van der Waals surface area contributed by atoms with Crippen molar-refractivity contribution in [2.45, 2.75) is 33.3 Å². The first kappa shape index (κ1) is 18.2. The van der Waals surface area contributed by atoms with E-state index in [9.17, 15) is 14.7 Å². The number of hydrogen-bond donors (Lipinski definition) is 3. The first-order valence-electron chi connectivity index (χ1n) is 7.80. The highest BCUT2D eigenvalue weighted by Gasteiger charge is 2.13.